The molecule has 6 heteroatoms. The molecule has 6 nitrogen and oxygen atoms in total. The molecule has 0 saturated carbocycles. The first-order valence-corrected chi connectivity index (χ1v) is 11.8. The largest absolute Gasteiger partial charge is 0.479 e. The second-order valence-corrected chi connectivity index (χ2v) is 8.09. The van der Waals surface area contributed by atoms with E-state index in [1.165, 1.54) is 32.8 Å². The Morgan fingerprint density at radius 1 is 1.06 bits per heavy atom. The van der Waals surface area contributed by atoms with Gasteiger partial charge in [-0.15, -0.1) is 0 Å². The summed E-state index contributed by atoms with van der Waals surface area (Å²) >= 11 is 0. The third-order valence-corrected chi connectivity index (χ3v) is 5.42. The van der Waals surface area contributed by atoms with Crippen LogP contribution in [-0.4, -0.2) is 44.2 Å². The zero-order valence-electron chi connectivity index (χ0n) is 19.6. The summed E-state index contributed by atoms with van der Waals surface area (Å²) in [5.41, 5.74) is 0. The summed E-state index contributed by atoms with van der Waals surface area (Å²) in [5.74, 6) is 0.148. The summed E-state index contributed by atoms with van der Waals surface area (Å²) in [6.45, 7) is 5.85. The van der Waals surface area contributed by atoms with Gasteiger partial charge in [-0.3, -0.25) is 4.99 Å². The van der Waals surface area contributed by atoms with E-state index in [1.807, 2.05) is 0 Å². The van der Waals surface area contributed by atoms with Crippen LogP contribution in [0.2, 0.25) is 0 Å². The van der Waals surface area contributed by atoms with Crippen LogP contribution in [0.1, 0.15) is 84.5 Å². The van der Waals surface area contributed by atoms with Crippen LogP contribution < -0.4 is 0 Å². The van der Waals surface area contributed by atoms with Crippen LogP contribution in [0.5, 0.6) is 0 Å². The van der Waals surface area contributed by atoms with E-state index in [0.717, 1.165) is 69.7 Å². The molecular formula is C25H41NO5. The molecule has 0 amide bonds. The lowest BCUT2D eigenvalue weighted by molar-refractivity contribution is -0.146. The highest BCUT2D eigenvalue weighted by Crippen LogP contribution is 2.19. The number of rotatable bonds is 17. The number of carbonyl (C=O) groups excluding carboxylic acids is 2. The number of esters is 2. The summed E-state index contributed by atoms with van der Waals surface area (Å²) in [6.07, 6.45) is 18.3. The van der Waals surface area contributed by atoms with Crippen LogP contribution in [0.15, 0.2) is 29.3 Å². The molecule has 0 aliphatic carbocycles. The quantitative estimate of drug-likeness (QED) is 0.129. The molecule has 0 aromatic rings. The second-order valence-electron chi connectivity index (χ2n) is 8.09. The highest BCUT2D eigenvalue weighted by atomic mass is 16.5. The number of methoxy groups -OCH3 is 1. The standard InChI is InChI=1S/C25H41NO5/c1-4-5-14-21(2)22(31-25(28)18-17-24(27)29-3)15-12-10-8-6-7-9-11-13-16-23-26-19-20-30-23/h10,12,17-18,21-22H,4-9,11,13-16,19-20H2,1-3H3/b12-10+,18-17-. The first-order valence-electron chi connectivity index (χ1n) is 11.8. The molecular weight excluding hydrogens is 394 g/mol. The minimum absolute atomic E-state index is 0.182. The molecule has 0 aromatic carbocycles. The molecule has 0 saturated heterocycles. The van der Waals surface area contributed by atoms with Gasteiger partial charge in [-0.2, -0.15) is 0 Å². The Labute approximate surface area is 188 Å². The van der Waals surface area contributed by atoms with E-state index in [-0.39, 0.29) is 12.0 Å². The number of unbranched alkanes of at least 4 members (excludes halogenated alkanes) is 6. The lowest BCUT2D eigenvalue weighted by Crippen LogP contribution is -2.24. The zero-order valence-corrected chi connectivity index (χ0v) is 19.6. The van der Waals surface area contributed by atoms with Crippen LogP contribution in [0, 0.1) is 5.92 Å². The Hall–Kier alpha value is -2.11. The third-order valence-electron chi connectivity index (χ3n) is 5.42. The van der Waals surface area contributed by atoms with Crippen molar-refractivity contribution in [3.63, 3.8) is 0 Å². The van der Waals surface area contributed by atoms with E-state index in [1.54, 1.807) is 0 Å². The van der Waals surface area contributed by atoms with Crippen LogP contribution in [0.25, 0.3) is 0 Å². The van der Waals surface area contributed by atoms with Gasteiger partial charge in [-0.25, -0.2) is 9.59 Å². The maximum absolute atomic E-state index is 12.0. The van der Waals surface area contributed by atoms with Gasteiger partial charge in [-0.05, 0) is 31.6 Å². The number of ether oxygens (including phenoxy) is 3. The summed E-state index contributed by atoms with van der Waals surface area (Å²) in [6, 6.07) is 0. The minimum atomic E-state index is -0.562. The maximum Gasteiger partial charge on any atom is 0.331 e. The van der Waals surface area contributed by atoms with Crippen molar-refractivity contribution < 1.29 is 23.8 Å². The summed E-state index contributed by atoms with van der Waals surface area (Å²) in [7, 11) is 1.28. The Balaban J connectivity index is 2.26. The first kappa shape index (κ1) is 26.9. The van der Waals surface area contributed by atoms with Crippen LogP contribution in [0.4, 0.5) is 0 Å². The number of hydrogen-bond acceptors (Lipinski definition) is 6. The molecule has 2 unspecified atom stereocenters. The molecule has 0 fully saturated rings. The SMILES string of the molecule is CCCCC(C)C(C/C=C/CCCCCCCC1=NCCO1)OC(=O)/C=C\C(=O)OC. The predicted molar refractivity (Wildman–Crippen MR) is 124 cm³/mol. The van der Waals surface area contributed by atoms with Crippen LogP contribution in [0.3, 0.4) is 0 Å². The highest BCUT2D eigenvalue weighted by Gasteiger charge is 2.19. The molecule has 0 N–H and O–H groups in total. The Kier molecular flexibility index (Phi) is 15.3. The average Bonchev–Trinajstić information content (AvgIpc) is 3.29. The van der Waals surface area contributed by atoms with Gasteiger partial charge >= 0.3 is 11.9 Å². The summed E-state index contributed by atoms with van der Waals surface area (Å²) in [4.78, 5) is 27.5. The van der Waals surface area contributed by atoms with Crippen molar-refractivity contribution in [2.75, 3.05) is 20.3 Å². The van der Waals surface area contributed by atoms with Gasteiger partial charge in [0.1, 0.15) is 12.7 Å². The van der Waals surface area contributed by atoms with Gasteiger partial charge in [0.05, 0.1) is 13.7 Å². The van der Waals surface area contributed by atoms with Crippen molar-refractivity contribution >= 4 is 17.8 Å². The molecule has 176 valence electrons. The van der Waals surface area contributed by atoms with Crippen molar-refractivity contribution in [1.82, 2.24) is 0 Å². The van der Waals surface area contributed by atoms with Crippen LogP contribution in [-0.2, 0) is 23.8 Å². The molecule has 1 heterocycles. The fraction of sp³-hybridized carbons (Fsp3) is 0.720. The lowest BCUT2D eigenvalue weighted by Gasteiger charge is -2.22. The van der Waals surface area contributed by atoms with Gasteiger partial charge in [0, 0.05) is 25.0 Å². The summed E-state index contributed by atoms with van der Waals surface area (Å²) in [5, 5.41) is 0. The smallest absolute Gasteiger partial charge is 0.331 e. The van der Waals surface area contributed by atoms with Gasteiger partial charge < -0.3 is 14.2 Å². The van der Waals surface area contributed by atoms with Gasteiger partial charge in [0.25, 0.3) is 0 Å². The van der Waals surface area contributed by atoms with E-state index in [2.05, 4.69) is 35.7 Å². The topological polar surface area (TPSA) is 74.2 Å². The molecule has 2 atom stereocenters. The van der Waals surface area contributed by atoms with E-state index in [9.17, 15) is 9.59 Å². The molecule has 1 rings (SSSR count). The Bertz CT molecular complexity index is 597. The number of aliphatic imine (C=N–C) groups is 1. The number of nitrogens with zero attached hydrogens (tertiary/aromatic N) is 1. The van der Waals surface area contributed by atoms with E-state index in [0.29, 0.717) is 6.42 Å². The maximum atomic E-state index is 12.0. The van der Waals surface area contributed by atoms with Crippen molar-refractivity contribution in [1.29, 1.82) is 0 Å². The fourth-order valence-electron chi connectivity index (χ4n) is 3.45. The molecule has 0 bridgehead atoms. The normalized spacial score (nSPS) is 15.6. The molecule has 1 aliphatic heterocycles. The monoisotopic (exact) mass is 435 g/mol. The van der Waals surface area contributed by atoms with Gasteiger partial charge in [0.15, 0.2) is 5.90 Å². The number of allylic oxidation sites excluding steroid dienone is 1. The fourth-order valence-corrected chi connectivity index (χ4v) is 3.45. The lowest BCUT2D eigenvalue weighted by atomic mass is 9.95. The number of hydrogen-bond donors (Lipinski definition) is 0. The molecule has 31 heavy (non-hydrogen) atoms. The average molecular weight is 436 g/mol. The van der Waals surface area contributed by atoms with E-state index < -0.39 is 11.9 Å². The molecule has 0 radical (unpaired) electrons. The summed E-state index contributed by atoms with van der Waals surface area (Å²) < 4.78 is 15.5. The number of carbonyl (C=O) groups is 2. The van der Waals surface area contributed by atoms with Gasteiger partial charge in [-0.1, -0.05) is 58.1 Å². The first-order chi connectivity index (χ1) is 15.1. The van der Waals surface area contributed by atoms with Crippen molar-refractivity contribution in [2.24, 2.45) is 10.9 Å². The van der Waals surface area contributed by atoms with E-state index >= 15 is 0 Å². The third kappa shape index (κ3) is 13.7. The van der Waals surface area contributed by atoms with Crippen molar-refractivity contribution in [3.05, 3.63) is 24.3 Å². The highest BCUT2D eigenvalue weighted by molar-refractivity contribution is 5.91. The molecule has 0 spiro atoms. The minimum Gasteiger partial charge on any atom is -0.479 e. The van der Waals surface area contributed by atoms with E-state index in [4.69, 9.17) is 9.47 Å². The van der Waals surface area contributed by atoms with Crippen LogP contribution >= 0.6 is 0 Å². The van der Waals surface area contributed by atoms with Crippen molar-refractivity contribution in [2.45, 2.75) is 90.6 Å². The Morgan fingerprint density at radius 2 is 1.81 bits per heavy atom. The van der Waals surface area contributed by atoms with Crippen molar-refractivity contribution in [3.8, 4) is 0 Å². The zero-order chi connectivity index (χ0) is 22.7. The van der Waals surface area contributed by atoms with Gasteiger partial charge in [0.2, 0.25) is 0 Å². The predicted octanol–water partition coefficient (Wildman–Crippen LogP) is 5.56. The Morgan fingerprint density at radius 3 is 2.52 bits per heavy atom. The molecule has 1 aliphatic rings. The molecule has 0 aromatic heterocycles. The second kappa shape index (κ2) is 17.6.